The van der Waals surface area contributed by atoms with Crippen molar-refractivity contribution in [2.75, 3.05) is 38.0 Å². The number of rotatable bonds is 5. The number of piperazine rings is 1. The predicted molar refractivity (Wildman–Crippen MR) is 104 cm³/mol. The number of hydrogen-bond donors (Lipinski definition) is 1. The monoisotopic (exact) mass is 473 g/mol. The number of sulfonamides is 1. The maximum Gasteiger partial charge on any atom is 0.243 e. The van der Waals surface area contributed by atoms with Gasteiger partial charge in [0.15, 0.2) is 11.6 Å². The van der Waals surface area contributed by atoms with E-state index in [0.717, 1.165) is 16.6 Å². The molecule has 2 aromatic carbocycles. The van der Waals surface area contributed by atoms with Gasteiger partial charge >= 0.3 is 0 Å². The van der Waals surface area contributed by atoms with Crippen LogP contribution in [-0.4, -0.2) is 56.3 Å². The van der Waals surface area contributed by atoms with E-state index in [1.807, 2.05) is 17.0 Å². The lowest BCUT2D eigenvalue weighted by molar-refractivity contribution is -0.117. The van der Waals surface area contributed by atoms with Gasteiger partial charge in [-0.1, -0.05) is 15.9 Å². The number of nitrogens with zero attached hydrogens (tertiary/aromatic N) is 2. The molecular weight excluding hydrogens is 456 g/mol. The summed E-state index contributed by atoms with van der Waals surface area (Å²) in [6, 6.07) is 9.71. The molecule has 28 heavy (non-hydrogen) atoms. The number of halogens is 3. The van der Waals surface area contributed by atoms with E-state index in [4.69, 9.17) is 0 Å². The molecule has 150 valence electrons. The topological polar surface area (TPSA) is 69.7 Å². The maximum absolute atomic E-state index is 13.4. The molecular formula is C18H18BrF2N3O3S. The Bertz CT molecular complexity index is 963. The largest absolute Gasteiger partial charge is 0.325 e. The first-order valence-corrected chi connectivity index (χ1v) is 10.7. The molecule has 0 bridgehead atoms. The Balaban J connectivity index is 1.55. The first-order chi connectivity index (χ1) is 13.3. The van der Waals surface area contributed by atoms with Gasteiger partial charge < -0.3 is 5.32 Å². The van der Waals surface area contributed by atoms with Crippen molar-refractivity contribution in [3.05, 3.63) is 58.6 Å². The van der Waals surface area contributed by atoms with E-state index in [2.05, 4.69) is 21.2 Å². The first kappa shape index (κ1) is 20.8. The summed E-state index contributed by atoms with van der Waals surface area (Å²) in [5.74, 6) is -2.50. The summed E-state index contributed by atoms with van der Waals surface area (Å²) in [6.45, 7) is 1.17. The third kappa shape index (κ3) is 4.93. The van der Waals surface area contributed by atoms with Crippen molar-refractivity contribution in [3.8, 4) is 0 Å². The van der Waals surface area contributed by atoms with Crippen LogP contribution in [0, 0.1) is 11.6 Å². The number of amides is 1. The molecule has 0 aromatic heterocycles. The van der Waals surface area contributed by atoms with Crippen molar-refractivity contribution in [2.45, 2.75) is 4.90 Å². The second-order valence-electron chi connectivity index (χ2n) is 6.31. The van der Waals surface area contributed by atoms with Gasteiger partial charge in [-0.05, 0) is 42.5 Å². The molecule has 0 saturated carbocycles. The molecule has 10 heteroatoms. The van der Waals surface area contributed by atoms with Crippen LogP contribution in [0.5, 0.6) is 0 Å². The number of hydrogen-bond acceptors (Lipinski definition) is 4. The lowest BCUT2D eigenvalue weighted by Gasteiger charge is -2.33. The maximum atomic E-state index is 13.4. The molecule has 1 saturated heterocycles. The Labute approximate surface area is 170 Å². The standard InChI is InChI=1S/C18H18BrF2N3O3S/c19-13-1-3-14(4-2-13)22-18(25)12-23-7-9-24(10-8-23)28(26,27)15-5-6-16(20)17(21)11-15/h1-6,11H,7-10,12H2,(H,22,25). The lowest BCUT2D eigenvalue weighted by atomic mass is 10.3. The highest BCUT2D eigenvalue weighted by Gasteiger charge is 2.29. The Morgan fingerprint density at radius 1 is 1.00 bits per heavy atom. The van der Waals surface area contributed by atoms with Crippen LogP contribution in [0.15, 0.2) is 51.8 Å². The van der Waals surface area contributed by atoms with Crippen LogP contribution in [0.1, 0.15) is 0 Å². The highest BCUT2D eigenvalue weighted by atomic mass is 79.9. The van der Waals surface area contributed by atoms with Crippen molar-refractivity contribution < 1.29 is 22.0 Å². The summed E-state index contributed by atoms with van der Waals surface area (Å²) in [7, 11) is -3.91. The molecule has 1 amide bonds. The summed E-state index contributed by atoms with van der Waals surface area (Å²) in [5, 5.41) is 2.78. The number of benzene rings is 2. The van der Waals surface area contributed by atoms with Crippen LogP contribution in [0.4, 0.5) is 14.5 Å². The molecule has 0 radical (unpaired) electrons. The second-order valence-corrected chi connectivity index (χ2v) is 9.16. The van der Waals surface area contributed by atoms with Gasteiger partial charge in [0.25, 0.3) is 0 Å². The van der Waals surface area contributed by atoms with E-state index < -0.39 is 21.7 Å². The molecule has 0 unspecified atom stereocenters. The number of carbonyl (C=O) groups is 1. The van der Waals surface area contributed by atoms with E-state index in [1.54, 1.807) is 12.1 Å². The molecule has 1 aliphatic rings. The summed E-state index contributed by atoms with van der Waals surface area (Å²) >= 11 is 3.32. The zero-order valence-corrected chi connectivity index (χ0v) is 17.1. The molecule has 2 aromatic rings. The Kier molecular flexibility index (Phi) is 6.43. The van der Waals surface area contributed by atoms with Gasteiger partial charge in [-0.3, -0.25) is 9.69 Å². The van der Waals surface area contributed by atoms with Crippen LogP contribution in [0.3, 0.4) is 0 Å². The fourth-order valence-corrected chi connectivity index (χ4v) is 4.55. The highest BCUT2D eigenvalue weighted by Crippen LogP contribution is 2.20. The van der Waals surface area contributed by atoms with Crippen LogP contribution in [0.2, 0.25) is 0 Å². The van der Waals surface area contributed by atoms with E-state index in [1.165, 1.54) is 4.31 Å². The summed E-state index contributed by atoms with van der Waals surface area (Å²) in [5.41, 5.74) is 0.674. The first-order valence-electron chi connectivity index (χ1n) is 8.49. The van der Waals surface area contributed by atoms with E-state index >= 15 is 0 Å². The molecule has 1 N–H and O–H groups in total. The minimum absolute atomic E-state index is 0.134. The average molecular weight is 474 g/mol. The van der Waals surface area contributed by atoms with E-state index in [9.17, 15) is 22.0 Å². The molecule has 1 fully saturated rings. The van der Waals surface area contributed by atoms with Crippen LogP contribution < -0.4 is 5.32 Å². The van der Waals surface area contributed by atoms with Gasteiger partial charge in [0.05, 0.1) is 11.4 Å². The molecule has 0 aliphatic carbocycles. The van der Waals surface area contributed by atoms with Crippen LogP contribution >= 0.6 is 15.9 Å². The number of nitrogens with one attached hydrogen (secondary N) is 1. The molecule has 6 nitrogen and oxygen atoms in total. The molecule has 0 spiro atoms. The molecule has 1 aliphatic heterocycles. The summed E-state index contributed by atoms with van der Waals surface area (Å²) in [4.78, 5) is 13.7. The smallest absolute Gasteiger partial charge is 0.243 e. The summed E-state index contributed by atoms with van der Waals surface area (Å²) < 4.78 is 53.7. The predicted octanol–water partition coefficient (Wildman–Crippen LogP) is 2.67. The number of carbonyl (C=O) groups excluding carboxylic acids is 1. The molecule has 1 heterocycles. The van der Waals surface area contributed by atoms with Crippen molar-refractivity contribution in [2.24, 2.45) is 0 Å². The Morgan fingerprint density at radius 2 is 1.64 bits per heavy atom. The van der Waals surface area contributed by atoms with Gasteiger partial charge in [0, 0.05) is 36.3 Å². The van der Waals surface area contributed by atoms with Crippen LogP contribution in [0.25, 0.3) is 0 Å². The Morgan fingerprint density at radius 3 is 2.25 bits per heavy atom. The fraction of sp³-hybridized carbons (Fsp3) is 0.278. The lowest BCUT2D eigenvalue weighted by Crippen LogP contribution is -2.50. The highest BCUT2D eigenvalue weighted by molar-refractivity contribution is 9.10. The van der Waals surface area contributed by atoms with Crippen molar-refractivity contribution >= 4 is 37.5 Å². The van der Waals surface area contributed by atoms with E-state index in [-0.39, 0.29) is 30.4 Å². The minimum Gasteiger partial charge on any atom is -0.325 e. The zero-order chi connectivity index (χ0) is 20.3. The normalized spacial score (nSPS) is 16.1. The van der Waals surface area contributed by atoms with Gasteiger partial charge in [0.1, 0.15) is 0 Å². The van der Waals surface area contributed by atoms with Crippen molar-refractivity contribution in [3.63, 3.8) is 0 Å². The zero-order valence-electron chi connectivity index (χ0n) is 14.7. The van der Waals surface area contributed by atoms with Gasteiger partial charge in [-0.15, -0.1) is 0 Å². The SMILES string of the molecule is O=C(CN1CCN(S(=O)(=O)c2ccc(F)c(F)c2)CC1)Nc1ccc(Br)cc1. The third-order valence-corrected chi connectivity index (χ3v) is 6.78. The minimum atomic E-state index is -3.91. The Hall–Kier alpha value is -1.88. The van der Waals surface area contributed by atoms with Crippen molar-refractivity contribution in [1.82, 2.24) is 9.21 Å². The van der Waals surface area contributed by atoms with Gasteiger partial charge in [-0.2, -0.15) is 4.31 Å². The van der Waals surface area contributed by atoms with Gasteiger partial charge in [-0.25, -0.2) is 17.2 Å². The molecule has 3 rings (SSSR count). The quantitative estimate of drug-likeness (QED) is 0.724. The van der Waals surface area contributed by atoms with E-state index in [0.29, 0.717) is 24.8 Å². The fourth-order valence-electron chi connectivity index (χ4n) is 2.85. The average Bonchev–Trinajstić information content (AvgIpc) is 2.66. The van der Waals surface area contributed by atoms with Crippen molar-refractivity contribution in [1.29, 1.82) is 0 Å². The van der Waals surface area contributed by atoms with Crippen LogP contribution in [-0.2, 0) is 14.8 Å². The van der Waals surface area contributed by atoms with Gasteiger partial charge in [0.2, 0.25) is 15.9 Å². The summed E-state index contributed by atoms with van der Waals surface area (Å²) in [6.07, 6.45) is 0. The molecule has 0 atom stereocenters. The number of anilines is 1. The second kappa shape index (κ2) is 8.64. The third-order valence-electron chi connectivity index (χ3n) is 4.36.